The van der Waals surface area contributed by atoms with Crippen molar-refractivity contribution in [2.24, 2.45) is 0 Å². The number of hydrogen-bond acceptors (Lipinski definition) is 3. The Balaban J connectivity index is 2.72. The van der Waals surface area contributed by atoms with Gasteiger partial charge in [-0.05, 0) is 12.8 Å². The van der Waals surface area contributed by atoms with Crippen molar-refractivity contribution in [1.29, 1.82) is 0 Å². The lowest BCUT2D eigenvalue weighted by molar-refractivity contribution is 0.276. The fourth-order valence-electron chi connectivity index (χ4n) is 1.23. The van der Waals surface area contributed by atoms with Gasteiger partial charge >= 0.3 is 0 Å². The minimum Gasteiger partial charge on any atom is -0.390 e. The first-order valence-corrected chi connectivity index (χ1v) is 4.33. The van der Waals surface area contributed by atoms with Crippen molar-refractivity contribution >= 4 is 0 Å². The third-order valence-corrected chi connectivity index (χ3v) is 2.04. The zero-order valence-electron chi connectivity index (χ0n) is 7.56. The average molecular weight is 169 g/mol. The molecule has 0 aliphatic rings. The Bertz CT molecular complexity index is 230. The van der Waals surface area contributed by atoms with E-state index in [1.165, 1.54) is 0 Å². The summed E-state index contributed by atoms with van der Waals surface area (Å²) < 4.78 is 1.82. The Morgan fingerprint density at radius 1 is 1.50 bits per heavy atom. The van der Waals surface area contributed by atoms with E-state index in [0.29, 0.717) is 11.7 Å². The van der Waals surface area contributed by atoms with Gasteiger partial charge < -0.3 is 5.11 Å². The minimum absolute atomic E-state index is 0.0276. The standard InChI is InChI=1S/C8H15N3O/c1-3-8(4-2)11-5-7(6-12)9-10-11/h5,8,12H,3-4,6H2,1-2H3. The smallest absolute Gasteiger partial charge is 0.108 e. The van der Waals surface area contributed by atoms with Gasteiger partial charge in [0.05, 0.1) is 18.8 Å². The van der Waals surface area contributed by atoms with Crippen LogP contribution in [0.5, 0.6) is 0 Å². The van der Waals surface area contributed by atoms with Crippen molar-refractivity contribution in [2.75, 3.05) is 0 Å². The van der Waals surface area contributed by atoms with Crippen molar-refractivity contribution in [3.05, 3.63) is 11.9 Å². The number of nitrogens with zero attached hydrogens (tertiary/aromatic N) is 3. The minimum atomic E-state index is -0.0276. The van der Waals surface area contributed by atoms with Crippen LogP contribution in [0.1, 0.15) is 38.4 Å². The molecule has 0 aliphatic carbocycles. The van der Waals surface area contributed by atoms with Gasteiger partial charge in [-0.25, -0.2) is 4.68 Å². The highest BCUT2D eigenvalue weighted by molar-refractivity contribution is 4.90. The third kappa shape index (κ3) is 1.82. The Kier molecular flexibility index (Phi) is 3.22. The lowest BCUT2D eigenvalue weighted by Crippen LogP contribution is -2.07. The van der Waals surface area contributed by atoms with Crippen LogP contribution in [0.25, 0.3) is 0 Å². The van der Waals surface area contributed by atoms with Gasteiger partial charge in [0.2, 0.25) is 0 Å². The van der Waals surface area contributed by atoms with E-state index in [2.05, 4.69) is 24.2 Å². The molecule has 0 radical (unpaired) electrons. The van der Waals surface area contributed by atoms with Gasteiger partial charge in [0, 0.05) is 0 Å². The molecule has 0 amide bonds. The molecule has 0 bridgehead atoms. The highest BCUT2D eigenvalue weighted by Gasteiger charge is 2.07. The van der Waals surface area contributed by atoms with E-state index >= 15 is 0 Å². The first-order chi connectivity index (χ1) is 5.81. The summed E-state index contributed by atoms with van der Waals surface area (Å²) in [4.78, 5) is 0. The molecule has 0 fully saturated rings. The Labute approximate surface area is 72.2 Å². The summed E-state index contributed by atoms with van der Waals surface area (Å²) in [5, 5.41) is 16.5. The van der Waals surface area contributed by atoms with Gasteiger partial charge in [-0.2, -0.15) is 0 Å². The summed E-state index contributed by atoms with van der Waals surface area (Å²) in [5.41, 5.74) is 0.641. The van der Waals surface area contributed by atoms with Crippen molar-refractivity contribution < 1.29 is 5.11 Å². The normalized spacial score (nSPS) is 11.0. The topological polar surface area (TPSA) is 50.9 Å². The molecule has 0 unspecified atom stereocenters. The summed E-state index contributed by atoms with van der Waals surface area (Å²) >= 11 is 0. The monoisotopic (exact) mass is 169 g/mol. The van der Waals surface area contributed by atoms with Crippen LogP contribution < -0.4 is 0 Å². The van der Waals surface area contributed by atoms with Gasteiger partial charge in [-0.15, -0.1) is 5.10 Å². The lowest BCUT2D eigenvalue weighted by atomic mass is 10.2. The van der Waals surface area contributed by atoms with Gasteiger partial charge in [0.15, 0.2) is 0 Å². The van der Waals surface area contributed by atoms with Crippen LogP contribution in [0.3, 0.4) is 0 Å². The number of rotatable bonds is 4. The summed E-state index contributed by atoms with van der Waals surface area (Å²) in [7, 11) is 0. The van der Waals surface area contributed by atoms with E-state index < -0.39 is 0 Å². The fraction of sp³-hybridized carbons (Fsp3) is 0.750. The maximum absolute atomic E-state index is 8.76. The van der Waals surface area contributed by atoms with E-state index in [-0.39, 0.29) is 6.61 Å². The molecule has 0 aromatic carbocycles. The molecule has 1 heterocycles. The van der Waals surface area contributed by atoms with Gasteiger partial charge in [0.1, 0.15) is 5.69 Å². The number of hydrogen-bond donors (Lipinski definition) is 1. The van der Waals surface area contributed by atoms with E-state index in [1.807, 2.05) is 4.68 Å². The van der Waals surface area contributed by atoms with Crippen LogP contribution in [0.2, 0.25) is 0 Å². The van der Waals surface area contributed by atoms with Crippen LogP contribution >= 0.6 is 0 Å². The molecule has 68 valence electrons. The molecular weight excluding hydrogens is 154 g/mol. The molecule has 1 aromatic heterocycles. The predicted molar refractivity (Wildman–Crippen MR) is 45.6 cm³/mol. The van der Waals surface area contributed by atoms with Crippen LogP contribution in [0.4, 0.5) is 0 Å². The molecule has 0 saturated carbocycles. The van der Waals surface area contributed by atoms with Gasteiger partial charge in [-0.3, -0.25) is 0 Å². The summed E-state index contributed by atoms with van der Waals surface area (Å²) in [6, 6.07) is 0.415. The Morgan fingerprint density at radius 2 is 2.17 bits per heavy atom. The van der Waals surface area contributed by atoms with E-state index in [0.717, 1.165) is 12.8 Å². The maximum atomic E-state index is 8.76. The lowest BCUT2D eigenvalue weighted by Gasteiger charge is -2.10. The number of aromatic nitrogens is 3. The first kappa shape index (κ1) is 9.19. The van der Waals surface area contributed by atoms with E-state index in [4.69, 9.17) is 5.11 Å². The van der Waals surface area contributed by atoms with Crippen molar-refractivity contribution in [3.63, 3.8) is 0 Å². The highest BCUT2D eigenvalue weighted by Crippen LogP contribution is 2.13. The zero-order valence-corrected chi connectivity index (χ0v) is 7.56. The van der Waals surface area contributed by atoms with Crippen LogP contribution in [-0.2, 0) is 6.61 Å². The molecule has 0 atom stereocenters. The van der Waals surface area contributed by atoms with Gasteiger partial charge in [0.25, 0.3) is 0 Å². The maximum Gasteiger partial charge on any atom is 0.108 e. The SMILES string of the molecule is CCC(CC)n1cc(CO)nn1. The van der Waals surface area contributed by atoms with E-state index in [1.54, 1.807) is 6.20 Å². The highest BCUT2D eigenvalue weighted by atomic mass is 16.3. The Hall–Kier alpha value is -0.900. The summed E-state index contributed by atoms with van der Waals surface area (Å²) in [5.74, 6) is 0. The molecule has 0 spiro atoms. The molecule has 4 nitrogen and oxygen atoms in total. The molecule has 4 heteroatoms. The number of aliphatic hydroxyl groups is 1. The van der Waals surface area contributed by atoms with Crippen LogP contribution in [0.15, 0.2) is 6.20 Å². The molecule has 1 rings (SSSR count). The first-order valence-electron chi connectivity index (χ1n) is 4.33. The largest absolute Gasteiger partial charge is 0.390 e. The van der Waals surface area contributed by atoms with Crippen LogP contribution in [-0.4, -0.2) is 20.1 Å². The van der Waals surface area contributed by atoms with Crippen molar-refractivity contribution in [2.45, 2.75) is 39.3 Å². The second-order valence-corrected chi connectivity index (χ2v) is 2.82. The molecule has 1 aromatic rings. The fourth-order valence-corrected chi connectivity index (χ4v) is 1.23. The van der Waals surface area contributed by atoms with E-state index in [9.17, 15) is 0 Å². The predicted octanol–water partition coefficient (Wildman–Crippen LogP) is 1.13. The van der Waals surface area contributed by atoms with Gasteiger partial charge in [-0.1, -0.05) is 19.1 Å². The number of aliphatic hydroxyl groups excluding tert-OH is 1. The van der Waals surface area contributed by atoms with Crippen molar-refractivity contribution in [3.8, 4) is 0 Å². The summed E-state index contributed by atoms with van der Waals surface area (Å²) in [6.07, 6.45) is 3.90. The molecular formula is C8H15N3O. The van der Waals surface area contributed by atoms with Crippen molar-refractivity contribution in [1.82, 2.24) is 15.0 Å². The zero-order chi connectivity index (χ0) is 8.97. The Morgan fingerprint density at radius 3 is 2.58 bits per heavy atom. The molecule has 1 N–H and O–H groups in total. The second-order valence-electron chi connectivity index (χ2n) is 2.82. The molecule has 12 heavy (non-hydrogen) atoms. The molecule has 0 saturated heterocycles. The average Bonchev–Trinajstić information content (AvgIpc) is 2.55. The summed E-state index contributed by atoms with van der Waals surface area (Å²) in [6.45, 7) is 4.21. The quantitative estimate of drug-likeness (QED) is 0.735. The third-order valence-electron chi connectivity index (χ3n) is 2.04. The molecule has 0 aliphatic heterocycles. The second kappa shape index (κ2) is 4.21. The van der Waals surface area contributed by atoms with Crippen LogP contribution in [0, 0.1) is 0 Å².